The van der Waals surface area contributed by atoms with Crippen molar-refractivity contribution >= 4 is 28.4 Å². The highest BCUT2D eigenvalue weighted by molar-refractivity contribution is 5.94. The number of aromatic amines is 1. The highest BCUT2D eigenvalue weighted by Gasteiger charge is 2.31. The van der Waals surface area contributed by atoms with Crippen LogP contribution in [-0.4, -0.2) is 92.5 Å². The van der Waals surface area contributed by atoms with E-state index in [9.17, 15) is 14.0 Å². The molecule has 2 aliphatic heterocycles. The fraction of sp³-hybridized carbons (Fsp3) is 0.294. The van der Waals surface area contributed by atoms with E-state index in [4.69, 9.17) is 0 Å². The Morgan fingerprint density at radius 1 is 0.889 bits per heavy atom. The van der Waals surface area contributed by atoms with Crippen LogP contribution >= 0.6 is 0 Å². The molecule has 45 heavy (non-hydrogen) atoms. The van der Waals surface area contributed by atoms with Crippen molar-refractivity contribution in [1.82, 2.24) is 34.9 Å². The standard InChI is InChI=1S/C34H33FN8O2/c35-27-6-3-24(4-7-27)33-28-18-23(2-8-29(28)39-40-33)19-30(44)26-10-13-41(21-26)22-32(45)43-16-14-42(15-17-43)31-9-5-25(20-38-31)34-36-11-1-12-37-34/h1-9,11-12,18,20,26H,10,13-17,19,21-22H2,(H,39,40). The summed E-state index contributed by atoms with van der Waals surface area (Å²) in [6, 6.07) is 17.8. The summed E-state index contributed by atoms with van der Waals surface area (Å²) in [5.74, 6) is 1.41. The number of likely N-dealkylation sites (tertiary alicyclic amines) is 1. The number of fused-ring (bicyclic) bond motifs is 1. The Morgan fingerprint density at radius 2 is 1.67 bits per heavy atom. The summed E-state index contributed by atoms with van der Waals surface area (Å²) in [5.41, 5.74) is 4.20. The van der Waals surface area contributed by atoms with Crippen LogP contribution in [0.1, 0.15) is 12.0 Å². The smallest absolute Gasteiger partial charge is 0.236 e. The Kier molecular flexibility index (Phi) is 8.00. The molecule has 2 saturated heterocycles. The first kappa shape index (κ1) is 28.7. The molecule has 2 aromatic carbocycles. The molecular weight excluding hydrogens is 571 g/mol. The predicted octanol–water partition coefficient (Wildman–Crippen LogP) is 4.00. The lowest BCUT2D eigenvalue weighted by Gasteiger charge is -2.36. The zero-order valence-corrected chi connectivity index (χ0v) is 24.8. The maximum Gasteiger partial charge on any atom is 0.236 e. The van der Waals surface area contributed by atoms with Crippen molar-refractivity contribution in [2.24, 2.45) is 5.92 Å². The van der Waals surface area contributed by atoms with Gasteiger partial charge in [0.2, 0.25) is 5.91 Å². The minimum atomic E-state index is -0.296. The normalized spacial score (nSPS) is 17.2. The molecule has 10 nitrogen and oxygen atoms in total. The highest BCUT2D eigenvalue weighted by atomic mass is 19.1. The first-order chi connectivity index (χ1) is 22.0. The van der Waals surface area contributed by atoms with Gasteiger partial charge in [0.15, 0.2) is 5.82 Å². The van der Waals surface area contributed by atoms with Crippen LogP contribution in [0.2, 0.25) is 0 Å². The predicted molar refractivity (Wildman–Crippen MR) is 169 cm³/mol. The minimum absolute atomic E-state index is 0.0957. The maximum absolute atomic E-state index is 13.4. The number of carbonyl (C=O) groups is 2. The zero-order valence-electron chi connectivity index (χ0n) is 24.8. The second kappa shape index (κ2) is 12.5. The number of pyridine rings is 1. The Bertz CT molecular complexity index is 1800. The van der Waals surface area contributed by atoms with Crippen molar-refractivity contribution in [3.8, 4) is 22.6 Å². The molecule has 5 aromatic rings. The van der Waals surface area contributed by atoms with Crippen LogP contribution in [0.15, 0.2) is 79.3 Å². The number of rotatable bonds is 8. The zero-order chi connectivity index (χ0) is 30.8. The topological polar surface area (TPSA) is 111 Å². The van der Waals surface area contributed by atoms with Gasteiger partial charge in [-0.25, -0.2) is 19.3 Å². The molecular formula is C34H33FN8O2. The number of benzene rings is 2. The van der Waals surface area contributed by atoms with E-state index in [-0.39, 0.29) is 23.4 Å². The van der Waals surface area contributed by atoms with Gasteiger partial charge in [-0.3, -0.25) is 19.6 Å². The fourth-order valence-electron chi connectivity index (χ4n) is 6.21. The largest absolute Gasteiger partial charge is 0.353 e. The molecule has 0 spiro atoms. The first-order valence-electron chi connectivity index (χ1n) is 15.2. The van der Waals surface area contributed by atoms with Crippen LogP contribution in [0.5, 0.6) is 0 Å². The van der Waals surface area contributed by atoms with Gasteiger partial charge < -0.3 is 9.80 Å². The third kappa shape index (κ3) is 6.30. The molecule has 0 radical (unpaired) electrons. The molecule has 5 heterocycles. The van der Waals surface area contributed by atoms with Gasteiger partial charge in [-0.05, 0) is 73.1 Å². The highest BCUT2D eigenvalue weighted by Crippen LogP contribution is 2.28. The van der Waals surface area contributed by atoms with E-state index >= 15 is 0 Å². The van der Waals surface area contributed by atoms with Crippen LogP contribution in [-0.2, 0) is 16.0 Å². The van der Waals surface area contributed by atoms with Crippen molar-refractivity contribution in [2.75, 3.05) is 50.7 Å². The van der Waals surface area contributed by atoms with Crippen LogP contribution in [0.3, 0.4) is 0 Å². The van der Waals surface area contributed by atoms with Crippen molar-refractivity contribution in [1.29, 1.82) is 0 Å². The van der Waals surface area contributed by atoms with E-state index in [0.29, 0.717) is 51.5 Å². The van der Waals surface area contributed by atoms with Crippen LogP contribution in [0.25, 0.3) is 33.5 Å². The molecule has 228 valence electrons. The van der Waals surface area contributed by atoms with Gasteiger partial charge in [0, 0.05) is 80.2 Å². The van der Waals surface area contributed by atoms with E-state index in [0.717, 1.165) is 52.1 Å². The SMILES string of the molecule is O=C(Cc1ccc2[nH]nc(-c3ccc(F)cc3)c2c1)C1CCN(CC(=O)N2CCN(c3ccc(-c4ncccn4)cn3)CC2)C1. The molecule has 1 N–H and O–H groups in total. The molecule has 0 aliphatic carbocycles. The number of hydrogen-bond donors (Lipinski definition) is 1. The molecule has 1 atom stereocenters. The van der Waals surface area contributed by atoms with Crippen LogP contribution < -0.4 is 4.90 Å². The summed E-state index contributed by atoms with van der Waals surface area (Å²) in [7, 11) is 0. The average Bonchev–Trinajstić information content (AvgIpc) is 3.73. The number of amides is 1. The molecule has 7 rings (SSSR count). The number of ketones is 1. The number of nitrogens with one attached hydrogen (secondary N) is 1. The molecule has 2 fully saturated rings. The lowest BCUT2D eigenvalue weighted by Crippen LogP contribution is -2.51. The Morgan fingerprint density at radius 3 is 2.42 bits per heavy atom. The number of piperazine rings is 1. The maximum atomic E-state index is 13.4. The van der Waals surface area contributed by atoms with E-state index in [1.807, 2.05) is 35.2 Å². The molecule has 11 heteroatoms. The second-order valence-electron chi connectivity index (χ2n) is 11.7. The number of H-pyrrole nitrogens is 1. The number of Topliss-reactive ketones (excluding diaryl/α,β-unsaturated/α-hetero) is 1. The van der Waals surface area contributed by atoms with Gasteiger partial charge in [0.1, 0.15) is 17.4 Å². The van der Waals surface area contributed by atoms with Crippen molar-refractivity contribution in [2.45, 2.75) is 12.8 Å². The summed E-state index contributed by atoms with van der Waals surface area (Å²) in [5, 5.41) is 8.35. The molecule has 1 amide bonds. The van der Waals surface area contributed by atoms with Gasteiger partial charge in [-0.2, -0.15) is 5.10 Å². The monoisotopic (exact) mass is 604 g/mol. The fourth-order valence-corrected chi connectivity index (χ4v) is 6.21. The number of anilines is 1. The molecule has 2 aliphatic rings. The van der Waals surface area contributed by atoms with Gasteiger partial charge in [-0.15, -0.1) is 0 Å². The van der Waals surface area contributed by atoms with Crippen LogP contribution in [0, 0.1) is 11.7 Å². The van der Waals surface area contributed by atoms with Crippen molar-refractivity contribution < 1.29 is 14.0 Å². The van der Waals surface area contributed by atoms with Crippen molar-refractivity contribution in [3.63, 3.8) is 0 Å². The van der Waals surface area contributed by atoms with Crippen molar-refractivity contribution in [3.05, 3.63) is 90.6 Å². The Labute approximate surface area is 259 Å². The Hall–Kier alpha value is -5.03. The summed E-state index contributed by atoms with van der Waals surface area (Å²) in [6.45, 7) is 4.36. The number of hydrogen-bond acceptors (Lipinski definition) is 8. The lowest BCUT2D eigenvalue weighted by atomic mass is 9.96. The minimum Gasteiger partial charge on any atom is -0.353 e. The Balaban J connectivity index is 0.899. The molecule has 1 unspecified atom stereocenters. The molecule has 3 aromatic heterocycles. The third-order valence-corrected chi connectivity index (χ3v) is 8.74. The number of halogens is 1. The number of nitrogens with zero attached hydrogens (tertiary/aromatic N) is 7. The van der Waals surface area contributed by atoms with E-state index in [2.05, 4.69) is 34.9 Å². The summed E-state index contributed by atoms with van der Waals surface area (Å²) in [6.07, 6.45) is 6.29. The third-order valence-electron chi connectivity index (χ3n) is 8.74. The van der Waals surface area contributed by atoms with Crippen LogP contribution in [0.4, 0.5) is 10.2 Å². The summed E-state index contributed by atoms with van der Waals surface area (Å²) in [4.78, 5) is 45.8. The lowest BCUT2D eigenvalue weighted by molar-refractivity contribution is -0.132. The van der Waals surface area contributed by atoms with E-state index in [1.165, 1.54) is 12.1 Å². The summed E-state index contributed by atoms with van der Waals surface area (Å²) >= 11 is 0. The second-order valence-corrected chi connectivity index (χ2v) is 11.7. The molecule has 0 saturated carbocycles. The average molecular weight is 605 g/mol. The van der Waals surface area contributed by atoms with E-state index in [1.54, 1.807) is 36.8 Å². The molecule has 0 bridgehead atoms. The number of carbonyl (C=O) groups excluding carboxylic acids is 2. The number of aromatic nitrogens is 5. The quantitative estimate of drug-likeness (QED) is 0.283. The summed E-state index contributed by atoms with van der Waals surface area (Å²) < 4.78 is 13.4. The van der Waals surface area contributed by atoms with Gasteiger partial charge in [0.25, 0.3) is 0 Å². The first-order valence-corrected chi connectivity index (χ1v) is 15.2. The van der Waals surface area contributed by atoms with Gasteiger partial charge in [0.05, 0.1) is 17.8 Å². The van der Waals surface area contributed by atoms with E-state index < -0.39 is 0 Å². The van der Waals surface area contributed by atoms with Gasteiger partial charge in [-0.1, -0.05) is 6.07 Å². The van der Waals surface area contributed by atoms with Gasteiger partial charge >= 0.3 is 0 Å².